The fourth-order valence-corrected chi connectivity index (χ4v) is 11.3. The molecular weight excluding hydrogens is 753 g/mol. The minimum Gasteiger partial charge on any atom is -0.453 e. The van der Waals surface area contributed by atoms with Crippen LogP contribution in [0.2, 0.25) is 0 Å². The Labute approximate surface area is 359 Å². The summed E-state index contributed by atoms with van der Waals surface area (Å²) in [5, 5.41) is 4.85. The molecule has 10 aromatic carbocycles. The zero-order valence-corrected chi connectivity index (χ0v) is 33.6. The van der Waals surface area contributed by atoms with Gasteiger partial charge < -0.3 is 14.2 Å². The van der Waals surface area contributed by atoms with Crippen LogP contribution in [0.25, 0.3) is 71.6 Å². The molecule has 1 aromatic heterocycles. The summed E-state index contributed by atoms with van der Waals surface area (Å²) >= 11 is 0. The average Bonchev–Trinajstić information content (AvgIpc) is 3.95. The first-order chi connectivity index (χ1) is 30.8. The second-order valence-electron chi connectivity index (χ2n) is 16.8. The van der Waals surface area contributed by atoms with Crippen LogP contribution in [0.15, 0.2) is 218 Å². The van der Waals surface area contributed by atoms with Crippen LogP contribution >= 0.6 is 0 Å². The van der Waals surface area contributed by atoms with Crippen molar-refractivity contribution in [3.8, 4) is 50.6 Å². The zero-order valence-electron chi connectivity index (χ0n) is 33.6. The minimum atomic E-state index is -0.433. The first-order valence-electron chi connectivity index (χ1n) is 21.4. The second kappa shape index (κ2) is 12.4. The predicted octanol–water partition coefficient (Wildman–Crippen LogP) is 15.5. The van der Waals surface area contributed by atoms with Gasteiger partial charge in [0, 0.05) is 27.4 Å². The number of anilines is 3. The van der Waals surface area contributed by atoms with Crippen molar-refractivity contribution in [3.63, 3.8) is 0 Å². The number of ether oxygens (including phenoxy) is 1. The third-order valence-electron chi connectivity index (χ3n) is 13.8. The lowest BCUT2D eigenvalue weighted by Gasteiger charge is -2.32. The average molecular weight is 789 g/mol. The van der Waals surface area contributed by atoms with Crippen LogP contribution in [-0.4, -0.2) is 4.57 Å². The minimum absolute atomic E-state index is 0.433. The molecule has 14 rings (SSSR count). The lowest BCUT2D eigenvalue weighted by Crippen LogP contribution is -2.26. The highest BCUT2D eigenvalue weighted by Gasteiger charge is 2.52. The Hall–Kier alpha value is -8.14. The largest absolute Gasteiger partial charge is 0.453 e. The third-order valence-corrected chi connectivity index (χ3v) is 13.8. The van der Waals surface area contributed by atoms with E-state index in [1.807, 2.05) is 0 Å². The molecule has 288 valence electrons. The van der Waals surface area contributed by atoms with E-state index < -0.39 is 5.41 Å². The number of hydrogen-bond acceptors (Lipinski definition) is 2. The van der Waals surface area contributed by atoms with Crippen molar-refractivity contribution in [1.29, 1.82) is 0 Å². The summed E-state index contributed by atoms with van der Waals surface area (Å²) in [7, 11) is 0. The molecule has 3 heteroatoms. The maximum absolute atomic E-state index is 6.69. The van der Waals surface area contributed by atoms with E-state index in [2.05, 4.69) is 228 Å². The van der Waals surface area contributed by atoms with E-state index in [1.165, 1.54) is 71.6 Å². The summed E-state index contributed by atoms with van der Waals surface area (Å²) in [6.07, 6.45) is 0. The van der Waals surface area contributed by atoms with Gasteiger partial charge >= 0.3 is 0 Å². The van der Waals surface area contributed by atoms with Crippen molar-refractivity contribution in [1.82, 2.24) is 4.57 Å². The number of para-hydroxylation sites is 2. The topological polar surface area (TPSA) is 17.4 Å². The molecule has 0 saturated heterocycles. The number of rotatable bonds is 4. The van der Waals surface area contributed by atoms with E-state index in [4.69, 9.17) is 4.74 Å². The van der Waals surface area contributed by atoms with Crippen molar-refractivity contribution < 1.29 is 4.74 Å². The molecule has 0 atom stereocenters. The number of aromatic nitrogens is 1. The molecule has 1 aliphatic heterocycles. The molecule has 11 aromatic rings. The van der Waals surface area contributed by atoms with E-state index in [-0.39, 0.29) is 0 Å². The van der Waals surface area contributed by atoms with Gasteiger partial charge in [-0.25, -0.2) is 0 Å². The molecule has 0 amide bonds. The van der Waals surface area contributed by atoms with Crippen molar-refractivity contribution in [2.45, 2.75) is 5.41 Å². The van der Waals surface area contributed by atoms with Gasteiger partial charge in [0.2, 0.25) is 0 Å². The first kappa shape index (κ1) is 33.7. The van der Waals surface area contributed by atoms with Crippen LogP contribution in [0.5, 0.6) is 11.5 Å². The Bertz CT molecular complexity index is 3640. The number of nitrogens with zero attached hydrogens (tertiary/aromatic N) is 2. The number of hydrogen-bond donors (Lipinski definition) is 0. The van der Waals surface area contributed by atoms with E-state index in [0.717, 1.165) is 50.9 Å². The lowest BCUT2D eigenvalue weighted by atomic mass is 9.70. The van der Waals surface area contributed by atoms with Gasteiger partial charge in [0.05, 0.1) is 33.5 Å². The zero-order chi connectivity index (χ0) is 40.5. The highest BCUT2D eigenvalue weighted by Crippen LogP contribution is 2.64. The quantitative estimate of drug-likeness (QED) is 0.177. The van der Waals surface area contributed by atoms with Crippen LogP contribution in [0.3, 0.4) is 0 Å². The number of fused-ring (bicyclic) bond motifs is 16. The summed E-state index contributed by atoms with van der Waals surface area (Å²) in [5.74, 6) is 1.74. The molecule has 0 unspecified atom stereocenters. The molecule has 0 fully saturated rings. The summed E-state index contributed by atoms with van der Waals surface area (Å²) in [4.78, 5) is 2.49. The van der Waals surface area contributed by atoms with Crippen LogP contribution in [0.1, 0.15) is 22.3 Å². The molecule has 0 N–H and O–H groups in total. The molecule has 3 nitrogen and oxygen atoms in total. The van der Waals surface area contributed by atoms with Crippen molar-refractivity contribution in [2.75, 3.05) is 4.90 Å². The highest BCUT2D eigenvalue weighted by atomic mass is 16.5. The highest BCUT2D eigenvalue weighted by molar-refractivity contribution is 6.12. The normalized spacial score (nSPS) is 13.4. The van der Waals surface area contributed by atoms with E-state index in [1.54, 1.807) is 0 Å². The van der Waals surface area contributed by atoms with Crippen LogP contribution in [0.4, 0.5) is 17.1 Å². The Kier molecular flexibility index (Phi) is 6.76. The van der Waals surface area contributed by atoms with Gasteiger partial charge in [-0.3, -0.25) is 0 Å². The lowest BCUT2D eigenvalue weighted by molar-refractivity contribution is 0.476. The van der Waals surface area contributed by atoms with Gasteiger partial charge in [-0.2, -0.15) is 0 Å². The fourth-order valence-electron chi connectivity index (χ4n) is 11.3. The van der Waals surface area contributed by atoms with Gasteiger partial charge in [-0.05, 0) is 104 Å². The molecule has 0 radical (unpaired) electrons. The summed E-state index contributed by atoms with van der Waals surface area (Å²) < 4.78 is 9.04. The van der Waals surface area contributed by atoms with E-state index in [9.17, 15) is 0 Å². The first-order valence-corrected chi connectivity index (χ1v) is 21.4. The molecule has 1 spiro atoms. The maximum Gasteiger partial charge on any atom is 0.152 e. The monoisotopic (exact) mass is 788 g/mol. The standard InChI is InChI=1S/C59H36N2O/c1-2-16-41-38(14-1)15-11-27-51(41)60(54-28-13-25-50-57(54)46-20-5-9-24-49(46)59(50)47-22-7-3-17-42(47)43-18-4-8-23-48(43)59)40-33-30-37(31-34-40)39-32-35-53-56(36-39)62-55-29-12-21-45-44-19-6-10-26-52(44)61(53)58(45)55/h1-36H. The molecule has 0 saturated carbocycles. The van der Waals surface area contributed by atoms with Crippen molar-refractivity contribution >= 4 is 49.6 Å². The predicted molar refractivity (Wildman–Crippen MR) is 255 cm³/mol. The summed E-state index contributed by atoms with van der Waals surface area (Å²) in [5.41, 5.74) is 19.1. The Morgan fingerprint density at radius 3 is 1.79 bits per heavy atom. The maximum atomic E-state index is 6.69. The summed E-state index contributed by atoms with van der Waals surface area (Å²) in [6.45, 7) is 0. The van der Waals surface area contributed by atoms with Crippen molar-refractivity contribution in [2.24, 2.45) is 0 Å². The second-order valence-corrected chi connectivity index (χ2v) is 16.8. The molecule has 0 bridgehead atoms. The van der Waals surface area contributed by atoms with Gasteiger partial charge in [0.1, 0.15) is 0 Å². The molecule has 2 aliphatic carbocycles. The molecular formula is C59H36N2O. The third kappa shape index (κ3) is 4.34. The Morgan fingerprint density at radius 1 is 0.403 bits per heavy atom. The van der Waals surface area contributed by atoms with Gasteiger partial charge in [0.25, 0.3) is 0 Å². The summed E-state index contributed by atoms with van der Waals surface area (Å²) in [6, 6.07) is 80.2. The Morgan fingerprint density at radius 2 is 0.984 bits per heavy atom. The van der Waals surface area contributed by atoms with Crippen molar-refractivity contribution in [3.05, 3.63) is 241 Å². The molecule has 62 heavy (non-hydrogen) atoms. The van der Waals surface area contributed by atoms with E-state index >= 15 is 0 Å². The van der Waals surface area contributed by atoms with Gasteiger partial charge in [-0.1, -0.05) is 170 Å². The molecule has 2 heterocycles. The Balaban J connectivity index is 0.955. The van der Waals surface area contributed by atoms with Crippen LogP contribution < -0.4 is 9.64 Å². The molecule has 3 aliphatic rings. The van der Waals surface area contributed by atoms with Gasteiger partial charge in [-0.15, -0.1) is 0 Å². The fraction of sp³-hybridized carbons (Fsp3) is 0.0169. The van der Waals surface area contributed by atoms with Crippen LogP contribution in [0, 0.1) is 0 Å². The van der Waals surface area contributed by atoms with Crippen LogP contribution in [-0.2, 0) is 5.41 Å². The SMILES string of the molecule is c1ccc2c(c1)-c1ccccc1C21c2ccccc2-c2c(N(c3ccc(-c4ccc5c(c4)Oc4cccc6c7ccccc7n-5c46)cc3)c3cccc4ccccc34)cccc21. The smallest absolute Gasteiger partial charge is 0.152 e. The number of benzene rings is 10. The van der Waals surface area contributed by atoms with E-state index in [0.29, 0.717) is 0 Å². The van der Waals surface area contributed by atoms with Gasteiger partial charge in [0.15, 0.2) is 11.5 Å².